The topological polar surface area (TPSA) is 78.9 Å². The Kier molecular flexibility index (Phi) is 14.8. The van der Waals surface area contributed by atoms with Crippen LogP contribution < -0.4 is 0 Å². The third-order valence-electron chi connectivity index (χ3n) is 1.64. The van der Waals surface area contributed by atoms with Gasteiger partial charge in [-0.15, -0.1) is 0 Å². The number of hydrogen-bond acceptors (Lipinski definition) is 6. The van der Waals surface area contributed by atoms with Gasteiger partial charge >= 0.3 is 17.9 Å². The quantitative estimate of drug-likeness (QED) is 0.450. The van der Waals surface area contributed by atoms with Gasteiger partial charge in [-0.2, -0.15) is 0 Å². The molecule has 0 atom stereocenters. The fourth-order valence-electron chi connectivity index (χ4n) is 0.692. The Morgan fingerprint density at radius 1 is 0.870 bits per heavy atom. The summed E-state index contributed by atoms with van der Waals surface area (Å²) in [5.41, 5.74) is 0.468. The normalized spacial score (nSPS) is 8.83. The number of hydrogen-bond donors (Lipinski definition) is 0. The van der Waals surface area contributed by atoms with Crippen molar-refractivity contribution in [3.05, 3.63) is 37.0 Å². The molecule has 6 nitrogen and oxygen atoms in total. The lowest BCUT2D eigenvalue weighted by Crippen LogP contribution is -2.22. The molecule has 0 aliphatic carbocycles. The van der Waals surface area contributed by atoms with E-state index in [9.17, 15) is 14.4 Å². The molecule has 0 fully saturated rings. The fourth-order valence-corrected chi connectivity index (χ4v) is 0.692. The van der Waals surface area contributed by atoms with Gasteiger partial charge in [0.15, 0.2) is 0 Å². The Morgan fingerprint density at radius 2 is 1.17 bits per heavy atom. The molecule has 0 aliphatic rings. The van der Waals surface area contributed by atoms with Crippen molar-refractivity contribution in [3.8, 4) is 0 Å². The minimum atomic E-state index is -0.398. The van der Waals surface area contributed by atoms with Crippen molar-refractivity contribution in [1.82, 2.24) is 0 Å². The van der Waals surface area contributed by atoms with Crippen LogP contribution in [0.2, 0.25) is 0 Å². The van der Waals surface area contributed by atoms with E-state index < -0.39 is 5.60 Å². The zero-order valence-corrected chi connectivity index (χ0v) is 15.1. The Bertz CT molecular complexity index is 414. The zero-order chi connectivity index (χ0) is 19.2. The van der Waals surface area contributed by atoms with Crippen LogP contribution in [0.5, 0.6) is 0 Å². The van der Waals surface area contributed by atoms with Gasteiger partial charge in [-0.25, -0.2) is 14.4 Å². The van der Waals surface area contributed by atoms with Gasteiger partial charge in [0, 0.05) is 17.2 Å². The lowest BCUT2D eigenvalue weighted by molar-refractivity contribution is -0.148. The maximum Gasteiger partial charge on any atom is 0.332 e. The molecule has 0 aromatic rings. The van der Waals surface area contributed by atoms with Gasteiger partial charge in [0.25, 0.3) is 0 Å². The van der Waals surface area contributed by atoms with Gasteiger partial charge in [-0.05, 0) is 34.6 Å². The number of ether oxygens (including phenoxy) is 3. The van der Waals surface area contributed by atoms with E-state index in [1.807, 2.05) is 20.8 Å². The maximum absolute atomic E-state index is 10.5. The molecule has 0 unspecified atom stereocenters. The van der Waals surface area contributed by atoms with E-state index in [2.05, 4.69) is 29.2 Å². The Hall–Kier alpha value is -2.37. The average molecular weight is 328 g/mol. The minimum absolute atomic E-state index is 0.347. The summed E-state index contributed by atoms with van der Waals surface area (Å²) in [6, 6.07) is 0. The molecule has 6 heteroatoms. The first-order chi connectivity index (χ1) is 10.3. The van der Waals surface area contributed by atoms with Crippen LogP contribution in [0, 0.1) is 0 Å². The van der Waals surface area contributed by atoms with Crippen molar-refractivity contribution in [3.63, 3.8) is 0 Å². The number of esters is 3. The van der Waals surface area contributed by atoms with Crippen molar-refractivity contribution >= 4 is 17.9 Å². The van der Waals surface area contributed by atoms with E-state index in [1.54, 1.807) is 13.8 Å². The SMILES string of the molecule is C=C(C)C(=O)OC.C=C(C)C(=O)OC.C=CC(=O)OC(C)(C)C. The molecular formula is C17H28O6. The second-order valence-corrected chi connectivity index (χ2v) is 5.28. The van der Waals surface area contributed by atoms with E-state index in [1.165, 1.54) is 14.2 Å². The number of carbonyl (C=O) groups excluding carboxylic acids is 3. The molecule has 0 rings (SSSR count). The summed E-state index contributed by atoms with van der Waals surface area (Å²) in [5.74, 6) is -1.07. The van der Waals surface area contributed by atoms with Crippen molar-refractivity contribution < 1.29 is 28.6 Å². The molecule has 0 amide bonds. The molecule has 0 bridgehead atoms. The number of carbonyl (C=O) groups is 3. The van der Waals surface area contributed by atoms with Crippen LogP contribution in [0.15, 0.2) is 37.0 Å². The molecule has 0 N–H and O–H groups in total. The van der Waals surface area contributed by atoms with Crippen LogP contribution in [-0.2, 0) is 28.6 Å². The molecule has 132 valence electrons. The van der Waals surface area contributed by atoms with E-state index in [0.29, 0.717) is 11.1 Å². The van der Waals surface area contributed by atoms with Crippen LogP contribution >= 0.6 is 0 Å². The maximum atomic E-state index is 10.5. The average Bonchev–Trinajstić information content (AvgIpc) is 2.44. The highest BCUT2D eigenvalue weighted by atomic mass is 16.6. The number of methoxy groups -OCH3 is 2. The summed E-state index contributed by atoms with van der Waals surface area (Å²) in [7, 11) is 2.66. The lowest BCUT2D eigenvalue weighted by Gasteiger charge is -2.17. The van der Waals surface area contributed by atoms with Crippen LogP contribution in [0.1, 0.15) is 34.6 Å². The molecule has 0 aromatic carbocycles. The summed E-state index contributed by atoms with van der Waals surface area (Å²) in [4.78, 5) is 30.9. The van der Waals surface area contributed by atoms with Crippen molar-refractivity contribution in [1.29, 1.82) is 0 Å². The molecule has 0 aromatic heterocycles. The first-order valence-corrected chi connectivity index (χ1v) is 6.65. The van der Waals surface area contributed by atoms with Crippen molar-refractivity contribution in [2.45, 2.75) is 40.2 Å². The van der Waals surface area contributed by atoms with Crippen molar-refractivity contribution in [2.75, 3.05) is 14.2 Å². The highest BCUT2D eigenvalue weighted by molar-refractivity contribution is 5.87. The van der Waals surface area contributed by atoms with Gasteiger partial charge in [-0.3, -0.25) is 0 Å². The standard InChI is InChI=1S/C7H12O2.2C5H8O2/c1-5-6(8)9-7(2,3)4;2*1-4(2)5(6)7-3/h5H,1H2,2-4H3;2*1H2,2-3H3. The minimum Gasteiger partial charge on any atom is -0.466 e. The predicted molar refractivity (Wildman–Crippen MR) is 89.7 cm³/mol. The van der Waals surface area contributed by atoms with Crippen LogP contribution in [0.25, 0.3) is 0 Å². The monoisotopic (exact) mass is 328 g/mol. The molecular weight excluding hydrogens is 300 g/mol. The molecule has 0 radical (unpaired) electrons. The molecule has 0 heterocycles. The van der Waals surface area contributed by atoms with E-state index in [-0.39, 0.29) is 17.9 Å². The fraction of sp³-hybridized carbons (Fsp3) is 0.471. The summed E-state index contributed by atoms with van der Waals surface area (Å²) in [6.45, 7) is 18.6. The van der Waals surface area contributed by atoms with Gasteiger partial charge < -0.3 is 14.2 Å². The second-order valence-electron chi connectivity index (χ2n) is 5.28. The Morgan fingerprint density at radius 3 is 1.22 bits per heavy atom. The summed E-state index contributed by atoms with van der Waals surface area (Å²) in [6.07, 6.45) is 1.16. The van der Waals surface area contributed by atoms with Gasteiger partial charge in [0.05, 0.1) is 14.2 Å². The first-order valence-electron chi connectivity index (χ1n) is 6.65. The van der Waals surface area contributed by atoms with Gasteiger partial charge in [-0.1, -0.05) is 19.7 Å². The smallest absolute Gasteiger partial charge is 0.332 e. The summed E-state index contributed by atoms with van der Waals surface area (Å²) in [5, 5.41) is 0. The van der Waals surface area contributed by atoms with Gasteiger partial charge in [0.1, 0.15) is 5.60 Å². The van der Waals surface area contributed by atoms with Crippen LogP contribution in [0.4, 0.5) is 0 Å². The third-order valence-corrected chi connectivity index (χ3v) is 1.64. The molecule has 23 heavy (non-hydrogen) atoms. The highest BCUT2D eigenvalue weighted by Gasteiger charge is 2.12. The highest BCUT2D eigenvalue weighted by Crippen LogP contribution is 2.06. The van der Waals surface area contributed by atoms with Crippen LogP contribution in [0.3, 0.4) is 0 Å². The number of rotatable bonds is 3. The summed E-state index contributed by atoms with van der Waals surface area (Å²) < 4.78 is 13.4. The molecule has 0 aliphatic heterocycles. The van der Waals surface area contributed by atoms with E-state index in [0.717, 1.165) is 6.08 Å². The van der Waals surface area contributed by atoms with Crippen molar-refractivity contribution in [2.24, 2.45) is 0 Å². The summed E-state index contributed by atoms with van der Waals surface area (Å²) >= 11 is 0. The first kappa shape index (κ1) is 25.6. The van der Waals surface area contributed by atoms with Gasteiger partial charge in [0.2, 0.25) is 0 Å². The van der Waals surface area contributed by atoms with Crippen LogP contribution in [-0.4, -0.2) is 37.7 Å². The third kappa shape index (κ3) is 22.1. The Balaban J connectivity index is -0.000000264. The predicted octanol–water partition coefficient (Wildman–Crippen LogP) is 2.99. The molecule has 0 saturated heterocycles. The second kappa shape index (κ2) is 13.3. The zero-order valence-electron chi connectivity index (χ0n) is 15.1. The molecule has 0 spiro atoms. The largest absolute Gasteiger partial charge is 0.466 e. The van der Waals surface area contributed by atoms with E-state index in [4.69, 9.17) is 4.74 Å². The van der Waals surface area contributed by atoms with E-state index >= 15 is 0 Å². The Labute approximate surface area is 138 Å². The lowest BCUT2D eigenvalue weighted by atomic mass is 10.2. The molecule has 0 saturated carbocycles.